The highest BCUT2D eigenvalue weighted by molar-refractivity contribution is 5.92. The molecule has 1 fully saturated rings. The number of urea groups is 1. The molecular weight excluding hydrogens is 550 g/mol. The molecule has 5 rings (SSSR count). The highest BCUT2D eigenvalue weighted by atomic mass is 16.4. The zero-order valence-corrected chi connectivity index (χ0v) is 24.2. The van der Waals surface area contributed by atoms with Gasteiger partial charge in [-0.2, -0.15) is 0 Å². The molecule has 1 saturated heterocycles. The molecule has 12 nitrogen and oxygen atoms in total. The number of para-hydroxylation sites is 3. The van der Waals surface area contributed by atoms with Crippen LogP contribution >= 0.6 is 0 Å². The molecule has 0 bridgehead atoms. The predicted octanol–water partition coefficient (Wildman–Crippen LogP) is 3.03. The Bertz CT molecular complexity index is 1650. The minimum atomic E-state index is -1.13. The number of aromatic nitrogens is 3. The number of rotatable bonds is 11. The van der Waals surface area contributed by atoms with Crippen LogP contribution in [-0.2, 0) is 9.59 Å². The number of hydrogen-bond acceptors (Lipinski definition) is 5. The van der Waals surface area contributed by atoms with E-state index in [1.807, 2.05) is 61.7 Å². The van der Waals surface area contributed by atoms with E-state index in [0.29, 0.717) is 45.3 Å². The van der Waals surface area contributed by atoms with Crippen LogP contribution in [0.3, 0.4) is 0 Å². The lowest BCUT2D eigenvalue weighted by Crippen LogP contribution is -2.56. The number of amides is 3. The number of nitrogens with zero attached hydrogens (tertiary/aromatic N) is 2. The smallest absolute Gasteiger partial charge is 0.326 e. The van der Waals surface area contributed by atoms with Gasteiger partial charge in [-0.1, -0.05) is 37.3 Å². The summed E-state index contributed by atoms with van der Waals surface area (Å²) in [5.74, 6) is -2.17. The molecule has 3 amide bonds. The molecule has 43 heavy (non-hydrogen) atoms. The van der Waals surface area contributed by atoms with Crippen molar-refractivity contribution in [2.75, 3.05) is 19.6 Å². The minimum Gasteiger partial charge on any atom is -0.480 e. The average Bonchev–Trinajstić information content (AvgIpc) is 3.59. The number of hydrogen-bond donors (Lipinski definition) is 6. The van der Waals surface area contributed by atoms with Gasteiger partial charge in [-0.25, -0.2) is 14.4 Å². The lowest BCUT2D eigenvalue weighted by atomic mass is 9.91. The van der Waals surface area contributed by atoms with Gasteiger partial charge >= 0.3 is 17.7 Å². The van der Waals surface area contributed by atoms with E-state index >= 15 is 0 Å². The van der Waals surface area contributed by atoms with Gasteiger partial charge in [0.2, 0.25) is 5.91 Å². The van der Waals surface area contributed by atoms with Crippen LogP contribution in [0.5, 0.6) is 0 Å². The number of H-pyrrole nitrogens is 2. The van der Waals surface area contributed by atoms with Gasteiger partial charge in [-0.15, -0.1) is 0 Å². The third-order valence-electron chi connectivity index (χ3n) is 8.48. The fourth-order valence-electron chi connectivity index (χ4n) is 6.07. The van der Waals surface area contributed by atoms with Gasteiger partial charge in [0.05, 0.1) is 11.0 Å². The van der Waals surface area contributed by atoms with Crippen molar-refractivity contribution in [3.05, 3.63) is 70.8 Å². The zero-order chi connectivity index (χ0) is 30.5. The van der Waals surface area contributed by atoms with Gasteiger partial charge in [0.25, 0.3) is 0 Å². The number of carbonyl (C=O) groups excluding carboxylic acids is 2. The van der Waals surface area contributed by atoms with Crippen LogP contribution < -0.4 is 22.1 Å². The number of carbonyl (C=O) groups is 3. The molecule has 228 valence electrons. The Hall–Kier alpha value is -4.58. The molecule has 3 heterocycles. The van der Waals surface area contributed by atoms with Gasteiger partial charge in [-0.05, 0) is 62.4 Å². The van der Waals surface area contributed by atoms with Crippen LogP contribution in [0, 0.1) is 0 Å². The van der Waals surface area contributed by atoms with Crippen molar-refractivity contribution in [2.24, 2.45) is 5.73 Å². The van der Waals surface area contributed by atoms with Gasteiger partial charge in [0.15, 0.2) is 0 Å². The number of fused-ring (bicyclic) bond motifs is 2. The van der Waals surface area contributed by atoms with Crippen LogP contribution in [-0.4, -0.2) is 74.2 Å². The molecule has 7 N–H and O–H groups in total. The molecule has 1 aliphatic heterocycles. The van der Waals surface area contributed by atoms with E-state index in [0.717, 1.165) is 27.5 Å². The van der Waals surface area contributed by atoms with Crippen LogP contribution in [0.25, 0.3) is 21.9 Å². The van der Waals surface area contributed by atoms with E-state index < -0.39 is 35.9 Å². The number of nitrogens with two attached hydrogens (primary N) is 1. The maximum Gasteiger partial charge on any atom is 0.326 e. The molecule has 2 aromatic carbocycles. The molecule has 0 saturated carbocycles. The third-order valence-corrected chi connectivity index (χ3v) is 8.48. The summed E-state index contributed by atoms with van der Waals surface area (Å²) in [5, 5.41) is 16.3. The van der Waals surface area contributed by atoms with Crippen molar-refractivity contribution in [1.82, 2.24) is 30.1 Å². The summed E-state index contributed by atoms with van der Waals surface area (Å²) in [4.78, 5) is 59.6. The minimum absolute atomic E-state index is 0.0678. The van der Waals surface area contributed by atoms with E-state index in [1.165, 1.54) is 0 Å². The topological polar surface area (TPSA) is 178 Å². The van der Waals surface area contributed by atoms with E-state index in [4.69, 9.17) is 5.73 Å². The van der Waals surface area contributed by atoms with E-state index in [9.17, 15) is 24.3 Å². The fraction of sp³-hybridized carbons (Fsp3) is 0.419. The maximum atomic E-state index is 13.7. The summed E-state index contributed by atoms with van der Waals surface area (Å²) in [6, 6.07) is 12.6. The Kier molecular flexibility index (Phi) is 9.15. The molecule has 3 atom stereocenters. The first kappa shape index (κ1) is 29.9. The van der Waals surface area contributed by atoms with Crippen LogP contribution in [0.4, 0.5) is 4.79 Å². The molecule has 4 aromatic rings. The third kappa shape index (κ3) is 6.43. The van der Waals surface area contributed by atoms with Crippen molar-refractivity contribution < 1.29 is 19.5 Å². The molecular formula is C31H39N7O5. The van der Waals surface area contributed by atoms with Gasteiger partial charge in [-0.3, -0.25) is 9.36 Å². The number of aromatic amines is 2. The molecule has 1 aliphatic rings. The summed E-state index contributed by atoms with van der Waals surface area (Å²) >= 11 is 0. The van der Waals surface area contributed by atoms with Gasteiger partial charge < -0.3 is 36.3 Å². The SMILES string of the molecule is CC(c1c[nH]c2ccccc12)C(NC(=O)N1CCC(n2c(=O)[nH]c3ccccc32)CC1)C(=O)N[C@@H](CCCCN)C(=O)O. The van der Waals surface area contributed by atoms with Crippen molar-refractivity contribution in [3.8, 4) is 0 Å². The number of likely N-dealkylation sites (tertiary alicyclic amines) is 1. The molecule has 12 heteroatoms. The van der Waals surface area contributed by atoms with Crippen LogP contribution in [0.15, 0.2) is 59.5 Å². The van der Waals surface area contributed by atoms with Crippen molar-refractivity contribution in [3.63, 3.8) is 0 Å². The van der Waals surface area contributed by atoms with E-state index in [2.05, 4.69) is 20.6 Å². The Morgan fingerprint density at radius 3 is 2.44 bits per heavy atom. The first-order valence-electron chi connectivity index (χ1n) is 14.8. The number of carboxylic acid groups (broad SMARTS) is 1. The first-order chi connectivity index (χ1) is 20.8. The highest BCUT2D eigenvalue weighted by Gasteiger charge is 2.34. The lowest BCUT2D eigenvalue weighted by molar-refractivity contribution is -0.142. The van der Waals surface area contributed by atoms with E-state index in [-0.39, 0.29) is 18.2 Å². The second kappa shape index (κ2) is 13.2. The average molecular weight is 590 g/mol. The van der Waals surface area contributed by atoms with Gasteiger partial charge in [0.1, 0.15) is 12.1 Å². The number of carboxylic acids is 1. The quantitative estimate of drug-likeness (QED) is 0.146. The fourth-order valence-corrected chi connectivity index (χ4v) is 6.07. The Morgan fingerprint density at radius 2 is 1.72 bits per heavy atom. The van der Waals surface area contributed by atoms with Crippen LogP contribution in [0.2, 0.25) is 0 Å². The highest BCUT2D eigenvalue weighted by Crippen LogP contribution is 2.29. The molecule has 0 aliphatic carbocycles. The largest absolute Gasteiger partial charge is 0.480 e. The van der Waals surface area contributed by atoms with Gasteiger partial charge in [0, 0.05) is 42.1 Å². The summed E-state index contributed by atoms with van der Waals surface area (Å²) < 4.78 is 1.76. The molecule has 2 unspecified atom stereocenters. The predicted molar refractivity (Wildman–Crippen MR) is 164 cm³/mol. The molecule has 2 aromatic heterocycles. The standard InChI is InChI=1S/C31H39N7O5/c1-19(22-18-33-23-9-3-2-8-21(22)23)27(28(39)34-25(29(40)41)11-6-7-15-32)36-30(42)37-16-13-20(14-17-37)38-26-12-5-4-10-24(26)35-31(38)43/h2-5,8-10,12,18-20,25,27,33H,6-7,11,13-17,32H2,1H3,(H,34,39)(H,35,43)(H,36,42)(H,40,41)/t19?,25-,27?/m0/s1. The Morgan fingerprint density at radius 1 is 1.02 bits per heavy atom. The summed E-state index contributed by atoms with van der Waals surface area (Å²) in [5.41, 5.74) is 8.73. The number of unbranched alkanes of at least 4 members (excludes halogenated alkanes) is 1. The normalized spacial score (nSPS) is 16.2. The second-order valence-corrected chi connectivity index (χ2v) is 11.2. The first-order valence-corrected chi connectivity index (χ1v) is 14.8. The summed E-state index contributed by atoms with van der Waals surface area (Å²) in [6.45, 7) is 3.08. The van der Waals surface area contributed by atoms with E-state index in [1.54, 1.807) is 9.47 Å². The maximum absolute atomic E-state index is 13.7. The lowest BCUT2D eigenvalue weighted by Gasteiger charge is -2.34. The number of piperidine rings is 1. The Labute approximate surface area is 248 Å². The molecule has 0 spiro atoms. The van der Waals surface area contributed by atoms with Crippen molar-refractivity contribution in [1.29, 1.82) is 0 Å². The van der Waals surface area contributed by atoms with Crippen LogP contribution in [0.1, 0.15) is 56.6 Å². The number of aliphatic carboxylic acids is 1. The second-order valence-electron chi connectivity index (χ2n) is 11.2. The zero-order valence-electron chi connectivity index (χ0n) is 24.2. The van der Waals surface area contributed by atoms with Crippen molar-refractivity contribution in [2.45, 2.75) is 63.1 Å². The number of imidazole rings is 1. The summed E-state index contributed by atoms with van der Waals surface area (Å²) in [6.07, 6.45) is 4.41. The number of nitrogens with one attached hydrogen (secondary N) is 4. The molecule has 0 radical (unpaired) electrons. The number of benzene rings is 2. The van der Waals surface area contributed by atoms with Crippen molar-refractivity contribution >= 4 is 39.8 Å². The summed E-state index contributed by atoms with van der Waals surface area (Å²) in [7, 11) is 0. The monoisotopic (exact) mass is 589 g/mol. The Balaban J connectivity index is 1.32.